The number of pyridine rings is 1. The number of anilines is 1. The molecule has 0 radical (unpaired) electrons. The molecule has 0 unspecified atom stereocenters. The molecule has 0 fully saturated rings. The van der Waals surface area contributed by atoms with E-state index in [1.807, 2.05) is 38.3 Å². The molecule has 0 spiro atoms. The van der Waals surface area contributed by atoms with Crippen LogP contribution in [0.3, 0.4) is 0 Å². The van der Waals surface area contributed by atoms with Crippen molar-refractivity contribution in [3.8, 4) is 11.8 Å². The van der Waals surface area contributed by atoms with Crippen molar-refractivity contribution in [2.45, 2.75) is 6.92 Å². The molecule has 0 aliphatic rings. The maximum atomic E-state index is 8.99. The van der Waals surface area contributed by atoms with Crippen molar-refractivity contribution >= 4 is 35.4 Å². The molecule has 0 aliphatic carbocycles. The smallest absolute Gasteiger partial charge is 0.125 e. The fourth-order valence-electron chi connectivity index (χ4n) is 1.72. The van der Waals surface area contributed by atoms with Gasteiger partial charge in [-0.1, -0.05) is 17.9 Å². The summed E-state index contributed by atoms with van der Waals surface area (Å²) in [4.78, 5) is 8.66. The lowest BCUT2D eigenvalue weighted by Gasteiger charge is -1.96. The van der Waals surface area contributed by atoms with E-state index < -0.39 is 0 Å². The van der Waals surface area contributed by atoms with Crippen molar-refractivity contribution in [1.82, 2.24) is 9.97 Å². The molecule has 22 heavy (non-hydrogen) atoms. The number of aliphatic hydroxyl groups excluding tert-OH is 1. The van der Waals surface area contributed by atoms with Gasteiger partial charge in [0.15, 0.2) is 0 Å². The minimum atomic E-state index is 0.0155. The van der Waals surface area contributed by atoms with Gasteiger partial charge >= 0.3 is 0 Å². The Kier molecular flexibility index (Phi) is 5.90. The molecule has 0 saturated carbocycles. The first-order valence-electron chi connectivity index (χ1n) is 6.83. The molecule has 0 atom stereocenters. The zero-order valence-electron chi connectivity index (χ0n) is 12.5. The van der Waals surface area contributed by atoms with E-state index >= 15 is 0 Å². The van der Waals surface area contributed by atoms with E-state index in [0.29, 0.717) is 0 Å². The van der Waals surface area contributed by atoms with Crippen molar-refractivity contribution in [3.63, 3.8) is 0 Å². The molecule has 4 nitrogen and oxygen atoms in total. The molecule has 0 aliphatic heterocycles. The molecule has 2 aromatic rings. The molecule has 0 bridgehead atoms. The number of thiazole rings is 1. The number of aliphatic hydroxyl groups is 1. The third-order valence-corrected chi connectivity index (χ3v) is 3.83. The second kappa shape index (κ2) is 8.13. The third-order valence-electron chi connectivity index (χ3n) is 2.79. The topological polar surface area (TPSA) is 58.0 Å². The van der Waals surface area contributed by atoms with Gasteiger partial charge in [-0.15, -0.1) is 11.3 Å². The lowest BCUT2D eigenvalue weighted by molar-refractivity contribution is 0.355. The minimum Gasteiger partial charge on any atom is -0.392 e. The highest BCUT2D eigenvalue weighted by Gasteiger charge is 1.94. The molecular weight excluding hydrogens is 294 g/mol. The van der Waals surface area contributed by atoms with Gasteiger partial charge in [0.05, 0.1) is 16.5 Å². The largest absolute Gasteiger partial charge is 0.392 e. The van der Waals surface area contributed by atoms with Gasteiger partial charge in [-0.05, 0) is 37.3 Å². The average Bonchev–Trinajstić information content (AvgIpc) is 2.94. The van der Waals surface area contributed by atoms with Crippen LogP contribution in [-0.4, -0.2) is 28.7 Å². The lowest BCUT2D eigenvalue weighted by atomic mass is 10.3. The Labute approximate surface area is 133 Å². The van der Waals surface area contributed by atoms with Crippen LogP contribution in [0.4, 0.5) is 5.82 Å². The van der Waals surface area contributed by atoms with Crippen LogP contribution in [0.2, 0.25) is 0 Å². The summed E-state index contributed by atoms with van der Waals surface area (Å²) in [5, 5.41) is 13.7. The molecule has 2 heterocycles. The van der Waals surface area contributed by atoms with Gasteiger partial charge in [-0.25, -0.2) is 9.97 Å². The van der Waals surface area contributed by atoms with Gasteiger partial charge in [0.25, 0.3) is 0 Å². The highest BCUT2D eigenvalue weighted by Crippen LogP contribution is 2.02. The maximum absolute atomic E-state index is 8.99. The highest BCUT2D eigenvalue weighted by molar-refractivity contribution is 7.10. The van der Waals surface area contributed by atoms with E-state index in [-0.39, 0.29) is 6.61 Å². The van der Waals surface area contributed by atoms with Gasteiger partial charge in [0, 0.05) is 18.8 Å². The number of aromatic nitrogens is 2. The maximum Gasteiger partial charge on any atom is 0.125 e. The number of hydrogen-bond acceptors (Lipinski definition) is 5. The molecule has 0 saturated heterocycles. The summed E-state index contributed by atoms with van der Waals surface area (Å²) >= 11 is 1.53. The number of nitrogens with zero attached hydrogens (tertiary/aromatic N) is 2. The van der Waals surface area contributed by atoms with Crippen LogP contribution in [0.1, 0.15) is 17.5 Å². The minimum absolute atomic E-state index is 0.0155. The van der Waals surface area contributed by atoms with E-state index in [4.69, 9.17) is 5.11 Å². The Bertz CT molecular complexity index is 824. The molecule has 5 heteroatoms. The molecule has 0 amide bonds. The van der Waals surface area contributed by atoms with Crippen LogP contribution in [0.25, 0.3) is 18.2 Å². The molecule has 2 N–H and O–H groups in total. The molecular formula is C17H17N3OS. The number of nitrogens with one attached hydrogen (secondary N) is 1. The van der Waals surface area contributed by atoms with Gasteiger partial charge in [0.2, 0.25) is 0 Å². The van der Waals surface area contributed by atoms with Gasteiger partial charge < -0.3 is 10.4 Å². The summed E-state index contributed by atoms with van der Waals surface area (Å²) in [5.41, 5.74) is 0.861. The monoisotopic (exact) mass is 311 g/mol. The van der Waals surface area contributed by atoms with E-state index in [0.717, 1.165) is 26.3 Å². The van der Waals surface area contributed by atoms with Crippen molar-refractivity contribution in [2.75, 3.05) is 19.0 Å². The predicted octanol–water partition coefficient (Wildman–Crippen LogP) is 1.22. The Morgan fingerprint density at radius 1 is 1.41 bits per heavy atom. The SMILES string of the molecule is C/C=c1/nc(/C=C/C#Cc2ccc(NC)nc2)s/c1=C/CO. The Balaban J connectivity index is 2.13. The summed E-state index contributed by atoms with van der Waals surface area (Å²) < 4.78 is 0.976. The van der Waals surface area contributed by atoms with Gasteiger partial charge in [0.1, 0.15) is 10.8 Å². The van der Waals surface area contributed by atoms with Crippen molar-refractivity contribution in [2.24, 2.45) is 0 Å². The van der Waals surface area contributed by atoms with Gasteiger partial charge in [-0.2, -0.15) is 0 Å². The summed E-state index contributed by atoms with van der Waals surface area (Å²) in [6, 6.07) is 3.80. The quantitative estimate of drug-likeness (QED) is 0.837. The summed E-state index contributed by atoms with van der Waals surface area (Å²) in [6.45, 7) is 1.94. The molecule has 0 aromatic carbocycles. The van der Waals surface area contributed by atoms with Crippen molar-refractivity contribution < 1.29 is 5.11 Å². The second-order valence-corrected chi connectivity index (χ2v) is 5.32. The Hall–Kier alpha value is -2.42. The molecule has 112 valence electrons. The first-order chi connectivity index (χ1) is 10.8. The van der Waals surface area contributed by atoms with Crippen molar-refractivity contribution in [3.05, 3.63) is 44.9 Å². The first kappa shape index (κ1) is 16.0. The summed E-state index contributed by atoms with van der Waals surface area (Å²) in [7, 11) is 1.83. The molecule has 2 rings (SSSR count). The fourth-order valence-corrected chi connectivity index (χ4v) is 2.65. The zero-order chi connectivity index (χ0) is 15.8. The number of allylic oxidation sites excluding steroid dienone is 1. The first-order valence-corrected chi connectivity index (χ1v) is 7.64. The van der Waals surface area contributed by atoms with E-state index in [2.05, 4.69) is 27.1 Å². The van der Waals surface area contributed by atoms with E-state index in [1.165, 1.54) is 11.3 Å². The van der Waals surface area contributed by atoms with Gasteiger partial charge in [-0.3, -0.25) is 0 Å². The third kappa shape index (κ3) is 4.29. The van der Waals surface area contributed by atoms with E-state index in [9.17, 15) is 0 Å². The second-order valence-electron chi connectivity index (χ2n) is 4.26. The number of hydrogen-bond donors (Lipinski definition) is 2. The fraction of sp³-hybridized carbons (Fsp3) is 0.176. The highest BCUT2D eigenvalue weighted by atomic mass is 32.1. The Morgan fingerprint density at radius 3 is 2.91 bits per heavy atom. The zero-order valence-corrected chi connectivity index (χ0v) is 13.3. The molecule has 2 aromatic heterocycles. The Morgan fingerprint density at radius 2 is 2.27 bits per heavy atom. The summed E-state index contributed by atoms with van der Waals surface area (Å²) in [5.74, 6) is 6.81. The van der Waals surface area contributed by atoms with E-state index in [1.54, 1.807) is 18.3 Å². The van der Waals surface area contributed by atoms with Crippen molar-refractivity contribution in [1.29, 1.82) is 0 Å². The van der Waals surface area contributed by atoms with Crippen LogP contribution < -0.4 is 15.2 Å². The van der Waals surface area contributed by atoms with Crippen LogP contribution in [0, 0.1) is 11.8 Å². The predicted molar refractivity (Wildman–Crippen MR) is 92.7 cm³/mol. The van der Waals surface area contributed by atoms with Crippen LogP contribution in [-0.2, 0) is 0 Å². The lowest BCUT2D eigenvalue weighted by Crippen LogP contribution is -2.20. The van der Waals surface area contributed by atoms with Crippen LogP contribution in [0.15, 0.2) is 24.4 Å². The average molecular weight is 311 g/mol. The summed E-state index contributed by atoms with van der Waals surface area (Å²) in [6.07, 6.45) is 9.05. The van der Waals surface area contributed by atoms with Crippen LogP contribution in [0.5, 0.6) is 0 Å². The van der Waals surface area contributed by atoms with Crippen LogP contribution >= 0.6 is 11.3 Å². The number of rotatable bonds is 3. The standard InChI is InChI=1S/C17H17N3OS/c1-3-14-15(10-11-21)22-17(20-14)7-5-4-6-13-8-9-16(18-2)19-12-13/h3,5,7-10,12,21H,11H2,1-2H3,(H,18,19)/b7-5+,14-3+,15-10+. The normalized spacial score (nSPS) is 12.5.